The molecule has 0 aromatic heterocycles. The van der Waals surface area contributed by atoms with Crippen molar-refractivity contribution in [2.45, 2.75) is 6.92 Å². The summed E-state index contributed by atoms with van der Waals surface area (Å²) < 4.78 is 5.38. The molecule has 0 aliphatic heterocycles. The van der Waals surface area contributed by atoms with Crippen LogP contribution >= 0.6 is 15.9 Å². The van der Waals surface area contributed by atoms with Gasteiger partial charge in [-0.25, -0.2) is 0 Å². The summed E-state index contributed by atoms with van der Waals surface area (Å²) in [5.41, 5.74) is 0.134. The number of halogens is 1. The third-order valence-corrected chi connectivity index (χ3v) is 2.43. The van der Waals surface area contributed by atoms with Crippen LogP contribution in [0.2, 0.25) is 0 Å². The number of ether oxygens (including phenoxy) is 1. The fourth-order valence-corrected chi connectivity index (χ4v) is 1.56. The van der Waals surface area contributed by atoms with Crippen molar-refractivity contribution in [1.29, 1.82) is 0 Å². The fourth-order valence-electron chi connectivity index (χ4n) is 1.14. The fraction of sp³-hybridized carbons (Fsp3) is 0.222. The summed E-state index contributed by atoms with van der Waals surface area (Å²) in [4.78, 5) is 21.0. The maximum absolute atomic E-state index is 10.9. The average molecular weight is 289 g/mol. The minimum atomic E-state index is -0.573. The van der Waals surface area contributed by atoms with Gasteiger partial charge in [-0.3, -0.25) is 14.9 Å². The molecule has 6 nitrogen and oxygen atoms in total. The molecular weight excluding hydrogens is 280 g/mol. The smallest absolute Gasteiger partial charge is 0.313 e. The third kappa shape index (κ3) is 2.69. The van der Waals surface area contributed by atoms with Crippen LogP contribution in [0.25, 0.3) is 0 Å². The summed E-state index contributed by atoms with van der Waals surface area (Å²) >= 11 is 3.18. The van der Waals surface area contributed by atoms with Gasteiger partial charge in [-0.2, -0.15) is 0 Å². The Balaban J connectivity index is 3.27. The number of nitrogens with zero attached hydrogens (tertiary/aromatic N) is 1. The van der Waals surface area contributed by atoms with Crippen molar-refractivity contribution in [1.82, 2.24) is 0 Å². The lowest BCUT2D eigenvalue weighted by Crippen LogP contribution is -2.07. The van der Waals surface area contributed by atoms with E-state index in [9.17, 15) is 14.9 Å². The highest BCUT2D eigenvalue weighted by Gasteiger charge is 2.18. The topological polar surface area (TPSA) is 81.5 Å². The third-order valence-electron chi connectivity index (χ3n) is 1.78. The summed E-state index contributed by atoms with van der Waals surface area (Å²) in [6.45, 7) is 1.32. The molecule has 0 spiro atoms. The van der Waals surface area contributed by atoms with E-state index in [-0.39, 0.29) is 17.3 Å². The van der Waals surface area contributed by atoms with Gasteiger partial charge in [0.2, 0.25) is 5.91 Å². The Hall–Kier alpha value is -1.63. The maximum atomic E-state index is 10.9. The molecule has 0 bridgehead atoms. The van der Waals surface area contributed by atoms with Crippen molar-refractivity contribution in [3.05, 3.63) is 26.7 Å². The molecule has 0 atom stereocenters. The first-order valence-electron chi connectivity index (χ1n) is 4.25. The van der Waals surface area contributed by atoms with E-state index in [1.54, 1.807) is 0 Å². The lowest BCUT2D eigenvalue weighted by atomic mass is 10.2. The molecule has 86 valence electrons. The molecule has 0 saturated carbocycles. The van der Waals surface area contributed by atoms with E-state index in [4.69, 9.17) is 4.74 Å². The Morgan fingerprint density at radius 2 is 2.19 bits per heavy atom. The Morgan fingerprint density at radius 1 is 1.56 bits per heavy atom. The Kier molecular flexibility index (Phi) is 3.83. The molecule has 0 radical (unpaired) electrons. The number of nitro groups is 1. The first-order valence-corrected chi connectivity index (χ1v) is 5.04. The van der Waals surface area contributed by atoms with Crippen LogP contribution in [0, 0.1) is 10.1 Å². The number of carbonyl (C=O) groups is 1. The van der Waals surface area contributed by atoms with Gasteiger partial charge in [0.1, 0.15) is 0 Å². The quantitative estimate of drug-likeness (QED) is 0.684. The Labute approximate surface area is 99.9 Å². The number of amides is 1. The van der Waals surface area contributed by atoms with Crippen molar-refractivity contribution >= 4 is 33.2 Å². The first-order chi connectivity index (χ1) is 7.45. The molecule has 7 heteroatoms. The van der Waals surface area contributed by atoms with Crippen LogP contribution in [0.15, 0.2) is 16.6 Å². The number of nitrogens with one attached hydrogen (secondary N) is 1. The van der Waals surface area contributed by atoms with E-state index in [0.717, 1.165) is 0 Å². The van der Waals surface area contributed by atoms with Gasteiger partial charge in [0, 0.05) is 23.5 Å². The van der Waals surface area contributed by atoms with E-state index in [1.165, 1.54) is 26.2 Å². The summed E-state index contributed by atoms with van der Waals surface area (Å²) in [6, 6.07) is 2.67. The number of anilines is 1. The molecule has 1 N–H and O–H groups in total. The van der Waals surface area contributed by atoms with Crippen LogP contribution in [0.4, 0.5) is 11.4 Å². The molecule has 0 saturated heterocycles. The second kappa shape index (κ2) is 4.93. The number of hydrogen-bond acceptors (Lipinski definition) is 4. The Bertz CT molecular complexity index is 447. The van der Waals surface area contributed by atoms with Crippen molar-refractivity contribution in [3.63, 3.8) is 0 Å². The Morgan fingerprint density at radius 3 is 2.62 bits per heavy atom. The van der Waals surface area contributed by atoms with E-state index in [1.807, 2.05) is 0 Å². The minimum Gasteiger partial charge on any atom is -0.490 e. The molecule has 1 aromatic carbocycles. The van der Waals surface area contributed by atoms with Crippen molar-refractivity contribution in [3.8, 4) is 5.75 Å². The van der Waals surface area contributed by atoms with Crippen molar-refractivity contribution in [2.75, 3.05) is 12.4 Å². The average Bonchev–Trinajstić information content (AvgIpc) is 2.19. The van der Waals surface area contributed by atoms with Crippen LogP contribution < -0.4 is 10.1 Å². The predicted octanol–water partition coefficient (Wildman–Crippen LogP) is 2.32. The molecule has 0 fully saturated rings. The van der Waals surface area contributed by atoms with Crippen LogP contribution in [0.1, 0.15) is 6.92 Å². The summed E-state index contributed by atoms with van der Waals surface area (Å²) in [6.07, 6.45) is 0. The standard InChI is InChI=1S/C9H9BrN2O4/c1-5(13)11-7-4-8(12(14)15)9(16-2)3-6(7)10/h3-4H,1-2H3,(H,11,13). The van der Waals surface area contributed by atoms with Gasteiger partial charge in [-0.15, -0.1) is 0 Å². The SMILES string of the molecule is COc1cc(Br)c(NC(C)=O)cc1[N+](=O)[O-]. The summed E-state index contributed by atoms with van der Waals surface area (Å²) in [7, 11) is 1.34. The molecular formula is C9H9BrN2O4. The largest absolute Gasteiger partial charge is 0.490 e. The molecule has 1 amide bonds. The van der Waals surface area contributed by atoms with Gasteiger partial charge in [0.05, 0.1) is 17.7 Å². The predicted molar refractivity (Wildman–Crippen MR) is 61.7 cm³/mol. The van der Waals surface area contributed by atoms with E-state index in [2.05, 4.69) is 21.2 Å². The summed E-state index contributed by atoms with van der Waals surface area (Å²) in [5, 5.41) is 13.2. The van der Waals surface area contributed by atoms with Gasteiger partial charge in [0.25, 0.3) is 0 Å². The molecule has 1 rings (SSSR count). The van der Waals surface area contributed by atoms with Crippen molar-refractivity contribution < 1.29 is 14.5 Å². The zero-order valence-electron chi connectivity index (χ0n) is 8.61. The van der Waals surface area contributed by atoms with Gasteiger partial charge in [-0.1, -0.05) is 0 Å². The van der Waals surface area contributed by atoms with Crippen LogP contribution in [-0.4, -0.2) is 17.9 Å². The van der Waals surface area contributed by atoms with Gasteiger partial charge < -0.3 is 10.1 Å². The van der Waals surface area contributed by atoms with Gasteiger partial charge >= 0.3 is 5.69 Å². The van der Waals surface area contributed by atoms with E-state index >= 15 is 0 Å². The lowest BCUT2D eigenvalue weighted by Gasteiger charge is -2.07. The highest BCUT2D eigenvalue weighted by molar-refractivity contribution is 9.10. The van der Waals surface area contributed by atoms with Crippen molar-refractivity contribution in [2.24, 2.45) is 0 Å². The first kappa shape index (κ1) is 12.4. The molecule has 0 aliphatic carbocycles. The number of rotatable bonds is 3. The zero-order chi connectivity index (χ0) is 12.3. The van der Waals surface area contributed by atoms with Crippen LogP contribution in [-0.2, 0) is 4.79 Å². The highest BCUT2D eigenvalue weighted by Crippen LogP contribution is 2.35. The second-order valence-corrected chi connectivity index (χ2v) is 3.80. The maximum Gasteiger partial charge on any atom is 0.313 e. The number of carbonyl (C=O) groups excluding carboxylic acids is 1. The van der Waals surface area contributed by atoms with E-state index < -0.39 is 4.92 Å². The molecule has 0 heterocycles. The number of benzene rings is 1. The normalized spacial score (nSPS) is 9.69. The minimum absolute atomic E-state index is 0.131. The van der Waals surface area contributed by atoms with Crippen LogP contribution in [0.5, 0.6) is 5.75 Å². The van der Waals surface area contributed by atoms with Crippen LogP contribution in [0.3, 0.4) is 0 Å². The molecule has 0 aliphatic rings. The van der Waals surface area contributed by atoms with Gasteiger partial charge in [0.15, 0.2) is 5.75 Å². The van der Waals surface area contributed by atoms with E-state index in [0.29, 0.717) is 10.2 Å². The molecule has 1 aromatic rings. The molecule has 16 heavy (non-hydrogen) atoms. The number of methoxy groups -OCH3 is 1. The second-order valence-electron chi connectivity index (χ2n) is 2.94. The number of hydrogen-bond donors (Lipinski definition) is 1. The monoisotopic (exact) mass is 288 g/mol. The lowest BCUT2D eigenvalue weighted by molar-refractivity contribution is -0.385. The molecule has 0 unspecified atom stereocenters. The highest BCUT2D eigenvalue weighted by atomic mass is 79.9. The zero-order valence-corrected chi connectivity index (χ0v) is 10.2. The number of nitro benzene ring substituents is 1. The van der Waals surface area contributed by atoms with Gasteiger partial charge in [-0.05, 0) is 15.9 Å². The summed E-state index contributed by atoms with van der Waals surface area (Å²) in [5.74, 6) is -0.175.